The maximum atomic E-state index is 13.4. The summed E-state index contributed by atoms with van der Waals surface area (Å²) in [6.45, 7) is 0. The van der Waals surface area contributed by atoms with E-state index in [9.17, 15) is 18.3 Å². The number of nitrogens with one attached hydrogen (secondary N) is 2. The Kier molecular flexibility index (Phi) is 4.46. The Morgan fingerprint density at radius 2 is 1.97 bits per heavy atom. The summed E-state index contributed by atoms with van der Waals surface area (Å²) in [6.07, 6.45) is 1.46. The maximum absolute atomic E-state index is 13.4. The highest BCUT2D eigenvalue weighted by atomic mass is 35.5. The third-order valence-corrected chi connectivity index (χ3v) is 7.19. The molecule has 5 rings (SSSR count). The predicted molar refractivity (Wildman–Crippen MR) is 120 cm³/mol. The number of para-hydroxylation sites is 1. The molecule has 0 saturated heterocycles. The molecular weight excluding hydrogens is 462 g/mol. The largest absolute Gasteiger partial charge is 0.506 e. The number of sulfonamides is 1. The second-order valence-electron chi connectivity index (χ2n) is 6.48. The second kappa shape index (κ2) is 7.08. The van der Waals surface area contributed by atoms with E-state index in [2.05, 4.69) is 20.1 Å². The molecule has 0 fully saturated rings. The van der Waals surface area contributed by atoms with E-state index in [1.165, 1.54) is 23.6 Å². The van der Waals surface area contributed by atoms with Gasteiger partial charge in [0.2, 0.25) is 0 Å². The van der Waals surface area contributed by atoms with E-state index in [4.69, 9.17) is 11.6 Å². The van der Waals surface area contributed by atoms with E-state index in [1.807, 2.05) is 0 Å². The van der Waals surface area contributed by atoms with Gasteiger partial charge >= 0.3 is 0 Å². The van der Waals surface area contributed by atoms with Crippen LogP contribution in [0.25, 0.3) is 11.0 Å². The lowest BCUT2D eigenvalue weighted by Gasteiger charge is -2.20. The Hall–Kier alpha value is -3.41. The van der Waals surface area contributed by atoms with Crippen molar-refractivity contribution in [1.29, 1.82) is 0 Å². The predicted octanol–water partition coefficient (Wildman–Crippen LogP) is 3.25. The quantitative estimate of drug-likeness (QED) is 0.417. The zero-order valence-electron chi connectivity index (χ0n) is 15.4. The van der Waals surface area contributed by atoms with Crippen LogP contribution in [-0.2, 0) is 10.0 Å². The van der Waals surface area contributed by atoms with E-state index in [0.717, 1.165) is 4.68 Å². The fourth-order valence-corrected chi connectivity index (χ4v) is 5.32. The number of benzene rings is 1. The average Bonchev–Trinajstić information content (AvgIpc) is 3.15. The molecule has 3 N–H and O–H groups in total. The van der Waals surface area contributed by atoms with Crippen LogP contribution in [0.1, 0.15) is 5.56 Å². The lowest BCUT2D eigenvalue weighted by atomic mass is 10.1. The van der Waals surface area contributed by atoms with Crippen molar-refractivity contribution in [3.63, 3.8) is 0 Å². The zero-order chi connectivity index (χ0) is 21.8. The average molecular weight is 474 g/mol. The molecule has 0 bridgehead atoms. The number of amidine groups is 1. The van der Waals surface area contributed by atoms with Crippen LogP contribution in [-0.4, -0.2) is 29.0 Å². The monoisotopic (exact) mass is 473 g/mol. The number of nitrogens with zero attached hydrogens (tertiary/aromatic N) is 3. The molecule has 0 aliphatic carbocycles. The summed E-state index contributed by atoms with van der Waals surface area (Å²) in [6, 6.07) is 11.0. The van der Waals surface area contributed by atoms with Crippen LogP contribution in [0.5, 0.6) is 5.75 Å². The van der Waals surface area contributed by atoms with Crippen molar-refractivity contribution in [1.82, 2.24) is 9.66 Å². The summed E-state index contributed by atoms with van der Waals surface area (Å²) in [5, 5.41) is 16.5. The topological polar surface area (TPSA) is 126 Å². The molecule has 0 atom stereocenters. The van der Waals surface area contributed by atoms with Gasteiger partial charge in [-0.3, -0.25) is 10.2 Å². The summed E-state index contributed by atoms with van der Waals surface area (Å²) < 4.78 is 30.2. The molecule has 4 heterocycles. The Labute approximate surface area is 184 Å². The van der Waals surface area contributed by atoms with Gasteiger partial charge in [0.15, 0.2) is 11.5 Å². The van der Waals surface area contributed by atoms with Gasteiger partial charge in [0, 0.05) is 6.20 Å². The van der Waals surface area contributed by atoms with Crippen LogP contribution >= 0.6 is 22.9 Å². The van der Waals surface area contributed by atoms with E-state index in [-0.39, 0.29) is 33.0 Å². The fourth-order valence-electron chi connectivity index (χ4n) is 3.22. The summed E-state index contributed by atoms with van der Waals surface area (Å²) in [5.41, 5.74) is 2.20. The number of aromatic hydroxyl groups is 1. The summed E-state index contributed by atoms with van der Waals surface area (Å²) in [7, 11) is -4.08. The van der Waals surface area contributed by atoms with Crippen LogP contribution in [0.2, 0.25) is 5.02 Å². The fraction of sp³-hybridized carbons (Fsp3) is 0. The SMILES string of the molecule is O=c1c(C2=NS(=O)(=O)c3ccccc3N2)c(O)c2cccnc2n1Nc1sccc1Cl. The van der Waals surface area contributed by atoms with Gasteiger partial charge in [-0.1, -0.05) is 23.7 Å². The molecule has 3 aromatic heterocycles. The van der Waals surface area contributed by atoms with E-state index in [1.54, 1.807) is 41.8 Å². The molecule has 1 aliphatic rings. The Bertz CT molecular complexity index is 1560. The molecule has 0 amide bonds. The van der Waals surface area contributed by atoms with Crippen molar-refractivity contribution in [3.8, 4) is 5.75 Å². The molecule has 0 radical (unpaired) electrons. The Morgan fingerprint density at radius 1 is 1.16 bits per heavy atom. The second-order valence-corrected chi connectivity index (χ2v) is 9.38. The first kappa shape index (κ1) is 19.5. The summed E-state index contributed by atoms with van der Waals surface area (Å²) in [5.74, 6) is -0.732. The van der Waals surface area contributed by atoms with Crippen LogP contribution in [0.3, 0.4) is 0 Å². The van der Waals surface area contributed by atoms with Gasteiger partial charge < -0.3 is 10.4 Å². The van der Waals surface area contributed by atoms with Crippen molar-refractivity contribution in [2.24, 2.45) is 4.40 Å². The number of hydrogen-bond acceptors (Lipinski definition) is 8. The molecule has 1 aliphatic heterocycles. The van der Waals surface area contributed by atoms with Crippen molar-refractivity contribution < 1.29 is 13.5 Å². The molecule has 12 heteroatoms. The Balaban J connectivity index is 1.78. The maximum Gasteiger partial charge on any atom is 0.286 e. The molecule has 0 unspecified atom stereocenters. The number of pyridine rings is 2. The molecule has 0 saturated carbocycles. The third kappa shape index (κ3) is 3.14. The number of hydrogen-bond donors (Lipinski definition) is 3. The minimum absolute atomic E-state index is 0.0236. The van der Waals surface area contributed by atoms with Gasteiger partial charge in [-0.25, -0.2) is 4.98 Å². The van der Waals surface area contributed by atoms with Gasteiger partial charge in [0.1, 0.15) is 21.2 Å². The zero-order valence-corrected chi connectivity index (χ0v) is 17.8. The molecule has 1 aromatic carbocycles. The highest BCUT2D eigenvalue weighted by Gasteiger charge is 2.30. The molecule has 31 heavy (non-hydrogen) atoms. The number of anilines is 2. The van der Waals surface area contributed by atoms with Crippen molar-refractivity contribution in [3.05, 3.63) is 75.0 Å². The highest BCUT2D eigenvalue weighted by molar-refractivity contribution is 7.90. The van der Waals surface area contributed by atoms with Gasteiger partial charge in [0.25, 0.3) is 15.6 Å². The van der Waals surface area contributed by atoms with Crippen LogP contribution in [0.4, 0.5) is 10.7 Å². The van der Waals surface area contributed by atoms with Crippen molar-refractivity contribution in [2.45, 2.75) is 4.90 Å². The summed E-state index contributed by atoms with van der Waals surface area (Å²) in [4.78, 5) is 17.6. The van der Waals surface area contributed by atoms with Gasteiger partial charge in [-0.05, 0) is 35.7 Å². The molecule has 9 nitrogen and oxygen atoms in total. The summed E-state index contributed by atoms with van der Waals surface area (Å²) >= 11 is 7.42. The normalized spacial score (nSPS) is 14.5. The van der Waals surface area contributed by atoms with E-state index in [0.29, 0.717) is 10.0 Å². The first-order valence-electron chi connectivity index (χ1n) is 8.81. The third-order valence-electron chi connectivity index (χ3n) is 4.60. The molecular formula is C19H12ClN5O4S2. The van der Waals surface area contributed by atoms with Gasteiger partial charge in [-0.15, -0.1) is 15.7 Å². The highest BCUT2D eigenvalue weighted by Crippen LogP contribution is 2.33. The van der Waals surface area contributed by atoms with Crippen LogP contribution in [0, 0.1) is 0 Å². The smallest absolute Gasteiger partial charge is 0.286 e. The molecule has 4 aromatic rings. The Morgan fingerprint density at radius 3 is 2.74 bits per heavy atom. The molecule has 0 spiro atoms. The van der Waals surface area contributed by atoms with Crippen LogP contribution < -0.4 is 16.3 Å². The van der Waals surface area contributed by atoms with Gasteiger partial charge in [-0.2, -0.15) is 13.1 Å². The number of halogens is 1. The minimum Gasteiger partial charge on any atom is -0.506 e. The first-order chi connectivity index (χ1) is 14.9. The first-order valence-corrected chi connectivity index (χ1v) is 11.5. The van der Waals surface area contributed by atoms with Crippen molar-refractivity contribution >= 4 is 60.5 Å². The van der Waals surface area contributed by atoms with Crippen molar-refractivity contribution in [2.75, 3.05) is 10.7 Å². The van der Waals surface area contributed by atoms with Gasteiger partial charge in [0.05, 0.1) is 16.1 Å². The number of aromatic nitrogens is 2. The standard InChI is InChI=1S/C19H12ClN5O4S2/c20-11-7-9-30-18(11)23-25-17-10(4-3-8-21-17)15(26)14(19(25)27)16-22-12-5-1-2-6-13(12)31(28,29)24-16/h1-9,23,26H,(H,22,24). The van der Waals surface area contributed by atoms with E-state index >= 15 is 0 Å². The van der Waals surface area contributed by atoms with E-state index < -0.39 is 21.3 Å². The number of fused-ring (bicyclic) bond motifs is 2. The lowest BCUT2D eigenvalue weighted by molar-refractivity contribution is 0.478. The molecule has 156 valence electrons. The minimum atomic E-state index is -4.08. The lowest BCUT2D eigenvalue weighted by Crippen LogP contribution is -2.35. The number of thiophene rings is 1. The van der Waals surface area contributed by atoms with Crippen LogP contribution in [0.15, 0.2) is 68.1 Å². The number of rotatable bonds is 3.